The summed E-state index contributed by atoms with van der Waals surface area (Å²) < 4.78 is 11.3. The van der Waals surface area contributed by atoms with Crippen molar-refractivity contribution in [1.29, 1.82) is 0 Å². The Hall–Kier alpha value is -1.81. The first-order valence-electron chi connectivity index (χ1n) is 9.99. The van der Waals surface area contributed by atoms with Gasteiger partial charge in [-0.3, -0.25) is 9.89 Å². The molecule has 3 heterocycles. The number of nitrogens with one attached hydrogen (secondary N) is 2. The molecule has 1 atom stereocenters. The zero-order valence-electron chi connectivity index (χ0n) is 17.4. The van der Waals surface area contributed by atoms with Gasteiger partial charge in [-0.25, -0.2) is 4.98 Å². The van der Waals surface area contributed by atoms with Gasteiger partial charge in [0.15, 0.2) is 5.96 Å². The van der Waals surface area contributed by atoms with Crippen LogP contribution in [-0.2, 0) is 6.54 Å². The molecule has 2 aromatic rings. The van der Waals surface area contributed by atoms with E-state index in [-0.39, 0.29) is 36.1 Å². The first kappa shape index (κ1) is 23.5. The van der Waals surface area contributed by atoms with Crippen molar-refractivity contribution in [2.24, 2.45) is 4.99 Å². The molecule has 2 N–H and O–H groups in total. The first-order chi connectivity index (χ1) is 13.7. The number of halogens is 1. The number of ether oxygens (including phenoxy) is 1. The normalized spacial score (nSPS) is 15.8. The highest BCUT2D eigenvalue weighted by Crippen LogP contribution is 2.24. The molecule has 29 heavy (non-hydrogen) atoms. The highest BCUT2D eigenvalue weighted by Gasteiger charge is 2.25. The molecule has 2 aromatic heterocycles. The van der Waals surface area contributed by atoms with E-state index >= 15 is 0 Å². The Morgan fingerprint density at radius 3 is 2.62 bits per heavy atom. The van der Waals surface area contributed by atoms with Crippen LogP contribution in [0.4, 0.5) is 0 Å². The summed E-state index contributed by atoms with van der Waals surface area (Å²) in [6.45, 7) is 7.58. The Bertz CT molecular complexity index is 728. The molecule has 1 aliphatic heterocycles. The third-order valence-electron chi connectivity index (χ3n) is 4.75. The van der Waals surface area contributed by atoms with Crippen molar-refractivity contribution >= 4 is 29.9 Å². The molecule has 0 amide bonds. The van der Waals surface area contributed by atoms with E-state index < -0.39 is 0 Å². The van der Waals surface area contributed by atoms with Gasteiger partial charge in [0.2, 0.25) is 5.88 Å². The second-order valence-electron chi connectivity index (χ2n) is 7.25. The summed E-state index contributed by atoms with van der Waals surface area (Å²) in [6, 6.07) is 8.12. The highest BCUT2D eigenvalue weighted by molar-refractivity contribution is 14.0. The Morgan fingerprint density at radius 1 is 1.24 bits per heavy atom. The second-order valence-corrected chi connectivity index (χ2v) is 7.25. The van der Waals surface area contributed by atoms with E-state index in [9.17, 15) is 0 Å². The minimum Gasteiger partial charge on any atom is -0.475 e. The Balaban J connectivity index is 0.00000300. The number of furan rings is 1. The topological polar surface area (TPSA) is 74.9 Å². The van der Waals surface area contributed by atoms with E-state index in [1.54, 1.807) is 13.3 Å². The lowest BCUT2D eigenvalue weighted by atomic mass is 10.2. The maximum absolute atomic E-state index is 5.68. The summed E-state index contributed by atoms with van der Waals surface area (Å²) >= 11 is 0. The van der Waals surface area contributed by atoms with Gasteiger partial charge in [0.25, 0.3) is 0 Å². The van der Waals surface area contributed by atoms with Gasteiger partial charge >= 0.3 is 0 Å². The zero-order valence-corrected chi connectivity index (χ0v) is 19.8. The van der Waals surface area contributed by atoms with Crippen LogP contribution in [0.3, 0.4) is 0 Å². The van der Waals surface area contributed by atoms with Crippen molar-refractivity contribution in [2.45, 2.75) is 45.4 Å². The van der Waals surface area contributed by atoms with Crippen LogP contribution < -0.4 is 15.4 Å². The smallest absolute Gasteiger partial charge is 0.213 e. The van der Waals surface area contributed by atoms with E-state index in [0.29, 0.717) is 12.4 Å². The van der Waals surface area contributed by atoms with Crippen molar-refractivity contribution in [3.05, 3.63) is 48.0 Å². The maximum Gasteiger partial charge on any atom is 0.213 e. The summed E-state index contributed by atoms with van der Waals surface area (Å²) in [5.41, 5.74) is 1.07. The average Bonchev–Trinajstić information content (AvgIpc) is 3.40. The van der Waals surface area contributed by atoms with Crippen LogP contribution in [0.2, 0.25) is 0 Å². The van der Waals surface area contributed by atoms with E-state index in [1.165, 1.54) is 12.8 Å². The summed E-state index contributed by atoms with van der Waals surface area (Å²) in [7, 11) is 1.78. The molecule has 1 fully saturated rings. The molecule has 0 saturated carbocycles. The standard InChI is InChI=1S/C21H31N5O2.HI/c1-16(2)28-20-9-8-17(13-23-20)14-24-21(22-3)25-15-18(19-7-6-12-27-19)26-10-4-5-11-26;/h6-9,12-13,16,18H,4-5,10-11,14-15H2,1-3H3,(H2,22,24,25);1H. The van der Waals surface area contributed by atoms with Gasteiger partial charge in [0.1, 0.15) is 5.76 Å². The molecule has 0 bridgehead atoms. The van der Waals surface area contributed by atoms with Gasteiger partial charge in [-0.1, -0.05) is 6.07 Å². The molecule has 0 radical (unpaired) electrons. The average molecular weight is 513 g/mol. The second kappa shape index (κ2) is 12.0. The molecule has 7 nitrogen and oxygen atoms in total. The number of guanidine groups is 1. The van der Waals surface area contributed by atoms with Crippen LogP contribution in [0.1, 0.15) is 44.1 Å². The largest absolute Gasteiger partial charge is 0.475 e. The van der Waals surface area contributed by atoms with E-state index in [4.69, 9.17) is 9.15 Å². The number of hydrogen-bond acceptors (Lipinski definition) is 5. The lowest BCUT2D eigenvalue weighted by Gasteiger charge is -2.26. The molecule has 0 spiro atoms. The molecule has 0 aromatic carbocycles. The zero-order chi connectivity index (χ0) is 19.8. The minimum atomic E-state index is 0. The number of aliphatic imine (C=N–C) groups is 1. The van der Waals surface area contributed by atoms with Crippen LogP contribution in [0, 0.1) is 0 Å². The first-order valence-corrected chi connectivity index (χ1v) is 9.99. The predicted octanol–water partition coefficient (Wildman–Crippen LogP) is 3.58. The molecule has 160 valence electrons. The lowest BCUT2D eigenvalue weighted by molar-refractivity contribution is 0.215. The molecule has 1 unspecified atom stereocenters. The van der Waals surface area contributed by atoms with Crippen LogP contribution in [0.5, 0.6) is 5.88 Å². The van der Waals surface area contributed by atoms with Gasteiger partial charge in [-0.05, 0) is 57.5 Å². The molecule has 3 rings (SSSR count). The molecule has 1 aliphatic rings. The van der Waals surface area contributed by atoms with Crippen molar-refractivity contribution in [3.8, 4) is 5.88 Å². The monoisotopic (exact) mass is 513 g/mol. The van der Waals surface area contributed by atoms with E-state index in [2.05, 4.69) is 25.5 Å². The van der Waals surface area contributed by atoms with Gasteiger partial charge in [-0.2, -0.15) is 0 Å². The van der Waals surface area contributed by atoms with Crippen molar-refractivity contribution in [2.75, 3.05) is 26.7 Å². The highest BCUT2D eigenvalue weighted by atomic mass is 127. The van der Waals surface area contributed by atoms with Crippen LogP contribution in [-0.4, -0.2) is 48.6 Å². The summed E-state index contributed by atoms with van der Waals surface area (Å²) in [5, 5.41) is 6.78. The predicted molar refractivity (Wildman–Crippen MR) is 126 cm³/mol. The Kier molecular flexibility index (Phi) is 9.72. The van der Waals surface area contributed by atoms with Crippen LogP contribution >= 0.6 is 24.0 Å². The van der Waals surface area contributed by atoms with Gasteiger partial charge in [-0.15, -0.1) is 24.0 Å². The van der Waals surface area contributed by atoms with Crippen LogP contribution in [0.25, 0.3) is 0 Å². The minimum absolute atomic E-state index is 0. The maximum atomic E-state index is 5.68. The third-order valence-corrected chi connectivity index (χ3v) is 4.75. The van der Waals surface area contributed by atoms with Gasteiger partial charge in [0.05, 0.1) is 18.4 Å². The Labute approximate surface area is 190 Å². The number of hydrogen-bond donors (Lipinski definition) is 2. The third kappa shape index (κ3) is 7.18. The number of pyridine rings is 1. The molecular weight excluding hydrogens is 481 g/mol. The summed E-state index contributed by atoms with van der Waals surface area (Å²) in [6.07, 6.45) is 6.18. The molecule has 1 saturated heterocycles. The van der Waals surface area contributed by atoms with Crippen LogP contribution in [0.15, 0.2) is 46.1 Å². The Morgan fingerprint density at radius 2 is 2.03 bits per heavy atom. The number of likely N-dealkylation sites (tertiary alicyclic amines) is 1. The molecule has 0 aliphatic carbocycles. The summed E-state index contributed by atoms with van der Waals surface area (Å²) in [4.78, 5) is 11.2. The lowest BCUT2D eigenvalue weighted by Crippen LogP contribution is -2.42. The van der Waals surface area contributed by atoms with E-state index in [1.807, 2.05) is 44.3 Å². The fraction of sp³-hybridized carbons (Fsp3) is 0.524. The van der Waals surface area contributed by atoms with Gasteiger partial charge < -0.3 is 19.8 Å². The fourth-order valence-corrected chi connectivity index (χ4v) is 3.37. The quantitative estimate of drug-likeness (QED) is 0.320. The number of rotatable bonds is 8. The molecular formula is C21H32IN5O2. The van der Waals surface area contributed by atoms with Crippen molar-refractivity contribution in [3.63, 3.8) is 0 Å². The molecule has 8 heteroatoms. The summed E-state index contributed by atoms with van der Waals surface area (Å²) in [5.74, 6) is 2.40. The van der Waals surface area contributed by atoms with Gasteiger partial charge in [0, 0.05) is 32.4 Å². The number of aromatic nitrogens is 1. The van der Waals surface area contributed by atoms with Crippen molar-refractivity contribution in [1.82, 2.24) is 20.5 Å². The van der Waals surface area contributed by atoms with E-state index in [0.717, 1.165) is 36.9 Å². The fourth-order valence-electron chi connectivity index (χ4n) is 3.37. The van der Waals surface area contributed by atoms with Crippen molar-refractivity contribution < 1.29 is 9.15 Å². The number of nitrogens with zero attached hydrogens (tertiary/aromatic N) is 3. The SMILES string of the molecule is CN=C(NCc1ccc(OC(C)C)nc1)NCC(c1ccco1)N1CCCC1.I.